The molecule has 2 aromatic rings. The Labute approximate surface area is 143 Å². The van der Waals surface area contributed by atoms with E-state index in [2.05, 4.69) is 29.0 Å². The lowest BCUT2D eigenvalue weighted by Gasteiger charge is -2.34. The number of benzene rings is 1. The average Bonchev–Trinajstić information content (AvgIpc) is 2.60. The van der Waals surface area contributed by atoms with Gasteiger partial charge < -0.3 is 10.2 Å². The molecular formula is C19H24N4O. The van der Waals surface area contributed by atoms with E-state index >= 15 is 0 Å². The first kappa shape index (κ1) is 16.5. The Morgan fingerprint density at radius 3 is 2.54 bits per heavy atom. The molecular weight excluding hydrogens is 300 g/mol. The normalized spacial score (nSPS) is 15.3. The van der Waals surface area contributed by atoms with Gasteiger partial charge in [0.15, 0.2) is 0 Å². The van der Waals surface area contributed by atoms with Crippen LogP contribution in [-0.2, 0) is 6.54 Å². The van der Waals surface area contributed by atoms with Crippen LogP contribution in [0.3, 0.4) is 0 Å². The number of carbonyl (C=O) groups is 1. The molecule has 1 aliphatic rings. The number of nitrogens with one attached hydrogen (secondary N) is 1. The maximum Gasteiger partial charge on any atom is 0.321 e. The van der Waals surface area contributed by atoms with Crippen molar-refractivity contribution >= 4 is 11.7 Å². The van der Waals surface area contributed by atoms with Crippen molar-refractivity contribution in [2.24, 2.45) is 0 Å². The molecule has 1 saturated heterocycles. The lowest BCUT2D eigenvalue weighted by atomic mass is 10.1. The van der Waals surface area contributed by atoms with E-state index in [1.807, 2.05) is 47.5 Å². The molecule has 0 spiro atoms. The molecule has 0 aliphatic carbocycles. The number of pyridine rings is 1. The summed E-state index contributed by atoms with van der Waals surface area (Å²) in [6.45, 7) is 8.19. The van der Waals surface area contributed by atoms with E-state index in [1.165, 1.54) is 11.1 Å². The largest absolute Gasteiger partial charge is 0.322 e. The third kappa shape index (κ3) is 4.11. The van der Waals surface area contributed by atoms with Crippen LogP contribution in [0.15, 0.2) is 42.6 Å². The first-order valence-corrected chi connectivity index (χ1v) is 8.37. The molecule has 1 aromatic carbocycles. The highest BCUT2D eigenvalue weighted by atomic mass is 16.2. The van der Waals surface area contributed by atoms with Crippen molar-refractivity contribution in [3.8, 4) is 0 Å². The van der Waals surface area contributed by atoms with E-state index in [0.717, 1.165) is 44.1 Å². The first-order chi connectivity index (χ1) is 11.6. The maximum atomic E-state index is 12.4. The molecule has 24 heavy (non-hydrogen) atoms. The summed E-state index contributed by atoms with van der Waals surface area (Å²) in [4.78, 5) is 21.0. The van der Waals surface area contributed by atoms with Gasteiger partial charge >= 0.3 is 6.03 Å². The van der Waals surface area contributed by atoms with Crippen LogP contribution in [0.5, 0.6) is 0 Å². The van der Waals surface area contributed by atoms with E-state index in [1.54, 1.807) is 0 Å². The van der Waals surface area contributed by atoms with Crippen molar-refractivity contribution in [3.63, 3.8) is 0 Å². The summed E-state index contributed by atoms with van der Waals surface area (Å²) >= 11 is 0. The molecule has 5 heteroatoms. The molecule has 0 bridgehead atoms. The van der Waals surface area contributed by atoms with Gasteiger partial charge in [-0.05, 0) is 49.2 Å². The molecule has 126 valence electrons. The number of carbonyl (C=O) groups excluding carboxylic acids is 1. The summed E-state index contributed by atoms with van der Waals surface area (Å²) in [5.74, 6) is 0. The highest BCUT2D eigenvalue weighted by Gasteiger charge is 2.21. The van der Waals surface area contributed by atoms with Gasteiger partial charge in [0.1, 0.15) is 0 Å². The molecule has 2 heterocycles. The Kier molecular flexibility index (Phi) is 5.11. The Morgan fingerprint density at radius 1 is 1.08 bits per heavy atom. The van der Waals surface area contributed by atoms with Crippen LogP contribution in [-0.4, -0.2) is 47.0 Å². The third-order valence-electron chi connectivity index (χ3n) is 4.53. The number of aryl methyl sites for hydroxylation is 2. The van der Waals surface area contributed by atoms with E-state index in [0.29, 0.717) is 0 Å². The topological polar surface area (TPSA) is 48.5 Å². The molecule has 1 aliphatic heterocycles. The number of nitrogens with zero attached hydrogens (tertiary/aromatic N) is 3. The van der Waals surface area contributed by atoms with E-state index in [-0.39, 0.29) is 6.03 Å². The summed E-state index contributed by atoms with van der Waals surface area (Å²) in [6.07, 6.45) is 1.82. The summed E-state index contributed by atoms with van der Waals surface area (Å²) in [5, 5.41) is 3.00. The standard InChI is InChI=1S/C19H24N4O/c1-15-6-7-17(13-16(15)2)21-19(24)23-11-9-22(10-12-23)14-18-5-3-4-8-20-18/h3-8,13H,9-12,14H2,1-2H3,(H,21,24). The molecule has 0 unspecified atom stereocenters. The number of hydrogen-bond donors (Lipinski definition) is 1. The van der Waals surface area contributed by atoms with Gasteiger partial charge in [-0.25, -0.2) is 4.79 Å². The Balaban J connectivity index is 1.50. The zero-order valence-corrected chi connectivity index (χ0v) is 14.3. The van der Waals surface area contributed by atoms with Gasteiger partial charge in [-0.2, -0.15) is 0 Å². The zero-order valence-electron chi connectivity index (χ0n) is 14.3. The van der Waals surface area contributed by atoms with Crippen LogP contribution in [0.2, 0.25) is 0 Å². The van der Waals surface area contributed by atoms with Crippen LogP contribution in [0.25, 0.3) is 0 Å². The molecule has 2 amide bonds. The van der Waals surface area contributed by atoms with Crippen molar-refractivity contribution in [1.82, 2.24) is 14.8 Å². The lowest BCUT2D eigenvalue weighted by molar-refractivity contribution is 0.142. The number of aromatic nitrogens is 1. The second-order valence-electron chi connectivity index (χ2n) is 6.31. The van der Waals surface area contributed by atoms with E-state index in [9.17, 15) is 4.79 Å². The first-order valence-electron chi connectivity index (χ1n) is 8.37. The van der Waals surface area contributed by atoms with Crippen molar-refractivity contribution < 1.29 is 4.79 Å². The fourth-order valence-electron chi connectivity index (χ4n) is 2.85. The summed E-state index contributed by atoms with van der Waals surface area (Å²) < 4.78 is 0. The van der Waals surface area contributed by atoms with Gasteiger partial charge in [0.25, 0.3) is 0 Å². The van der Waals surface area contributed by atoms with Gasteiger partial charge in [0.05, 0.1) is 5.69 Å². The van der Waals surface area contributed by atoms with Gasteiger partial charge in [-0.3, -0.25) is 9.88 Å². The average molecular weight is 324 g/mol. The Bertz CT molecular complexity index is 694. The predicted molar refractivity (Wildman–Crippen MR) is 96.0 cm³/mol. The summed E-state index contributed by atoms with van der Waals surface area (Å²) in [7, 11) is 0. The van der Waals surface area contributed by atoms with Crippen molar-refractivity contribution in [1.29, 1.82) is 0 Å². The molecule has 0 atom stereocenters. The van der Waals surface area contributed by atoms with E-state index < -0.39 is 0 Å². The fourth-order valence-corrected chi connectivity index (χ4v) is 2.85. The quantitative estimate of drug-likeness (QED) is 0.944. The second-order valence-corrected chi connectivity index (χ2v) is 6.31. The lowest BCUT2D eigenvalue weighted by Crippen LogP contribution is -2.49. The monoisotopic (exact) mass is 324 g/mol. The Hall–Kier alpha value is -2.40. The molecule has 1 fully saturated rings. The maximum absolute atomic E-state index is 12.4. The highest BCUT2D eigenvalue weighted by molar-refractivity contribution is 5.89. The summed E-state index contributed by atoms with van der Waals surface area (Å²) in [6, 6.07) is 12.0. The number of piperazine rings is 1. The van der Waals surface area contributed by atoms with Crippen LogP contribution in [0, 0.1) is 13.8 Å². The zero-order chi connectivity index (χ0) is 16.9. The van der Waals surface area contributed by atoms with Gasteiger partial charge in [-0.1, -0.05) is 12.1 Å². The molecule has 3 rings (SSSR count). The van der Waals surface area contributed by atoms with Gasteiger partial charge in [0, 0.05) is 44.6 Å². The number of rotatable bonds is 3. The number of hydrogen-bond acceptors (Lipinski definition) is 3. The molecule has 1 aromatic heterocycles. The fraction of sp³-hybridized carbons (Fsp3) is 0.368. The Morgan fingerprint density at radius 2 is 1.88 bits per heavy atom. The van der Waals surface area contributed by atoms with Crippen LogP contribution >= 0.6 is 0 Å². The van der Waals surface area contributed by atoms with Crippen LogP contribution in [0.4, 0.5) is 10.5 Å². The number of urea groups is 1. The summed E-state index contributed by atoms with van der Waals surface area (Å²) in [5.41, 5.74) is 4.36. The molecule has 0 saturated carbocycles. The third-order valence-corrected chi connectivity index (χ3v) is 4.53. The minimum Gasteiger partial charge on any atom is -0.322 e. The minimum atomic E-state index is -0.0178. The van der Waals surface area contributed by atoms with Crippen LogP contribution < -0.4 is 5.32 Å². The molecule has 0 radical (unpaired) electrons. The molecule has 1 N–H and O–H groups in total. The van der Waals surface area contributed by atoms with Crippen molar-refractivity contribution in [3.05, 3.63) is 59.4 Å². The minimum absolute atomic E-state index is 0.0178. The number of amides is 2. The molecule has 5 nitrogen and oxygen atoms in total. The van der Waals surface area contributed by atoms with Gasteiger partial charge in [-0.15, -0.1) is 0 Å². The second kappa shape index (κ2) is 7.45. The van der Waals surface area contributed by atoms with Gasteiger partial charge in [0.2, 0.25) is 0 Å². The SMILES string of the molecule is Cc1ccc(NC(=O)N2CCN(Cc3ccccn3)CC2)cc1C. The predicted octanol–water partition coefficient (Wildman–Crippen LogP) is 3.05. The number of anilines is 1. The highest BCUT2D eigenvalue weighted by Crippen LogP contribution is 2.15. The smallest absolute Gasteiger partial charge is 0.321 e. The van der Waals surface area contributed by atoms with Crippen molar-refractivity contribution in [2.45, 2.75) is 20.4 Å². The van der Waals surface area contributed by atoms with Crippen LogP contribution in [0.1, 0.15) is 16.8 Å². The van der Waals surface area contributed by atoms with E-state index in [4.69, 9.17) is 0 Å². The van der Waals surface area contributed by atoms with Crippen molar-refractivity contribution in [2.75, 3.05) is 31.5 Å².